The number of aromatic nitrogens is 2. The number of carbonyl (C=O) groups excluding carboxylic acids is 1. The van der Waals surface area contributed by atoms with Gasteiger partial charge in [0.05, 0.1) is 24.5 Å². The van der Waals surface area contributed by atoms with Gasteiger partial charge in [-0.2, -0.15) is 5.10 Å². The summed E-state index contributed by atoms with van der Waals surface area (Å²) in [6.45, 7) is 1.64. The van der Waals surface area contributed by atoms with Gasteiger partial charge >= 0.3 is 0 Å². The normalized spacial score (nSPS) is 23.9. The summed E-state index contributed by atoms with van der Waals surface area (Å²) < 4.78 is 7.56. The van der Waals surface area contributed by atoms with E-state index in [1.54, 1.807) is 6.20 Å². The average Bonchev–Trinajstić information content (AvgIpc) is 2.75. The molecular formula is C14H21N3O2. The summed E-state index contributed by atoms with van der Waals surface area (Å²) in [5, 5.41) is 7.23. The van der Waals surface area contributed by atoms with Gasteiger partial charge in [-0.05, 0) is 32.1 Å². The molecule has 0 aromatic carbocycles. The first kappa shape index (κ1) is 12.7. The summed E-state index contributed by atoms with van der Waals surface area (Å²) in [6, 6.07) is 0. The van der Waals surface area contributed by atoms with E-state index in [1.807, 2.05) is 10.9 Å². The fraction of sp³-hybridized carbons (Fsp3) is 0.714. The summed E-state index contributed by atoms with van der Waals surface area (Å²) in [5.41, 5.74) is 0.799. The van der Waals surface area contributed by atoms with Crippen LogP contribution in [0.25, 0.3) is 0 Å². The molecule has 1 aliphatic heterocycles. The van der Waals surface area contributed by atoms with Crippen molar-refractivity contribution in [2.75, 3.05) is 11.9 Å². The maximum Gasteiger partial charge on any atom is 0.227 e. The summed E-state index contributed by atoms with van der Waals surface area (Å²) in [5.74, 6) is 0.352. The van der Waals surface area contributed by atoms with Crippen LogP contribution in [0.4, 0.5) is 5.69 Å². The van der Waals surface area contributed by atoms with Crippen LogP contribution in [-0.4, -0.2) is 28.4 Å². The van der Waals surface area contributed by atoms with Crippen molar-refractivity contribution in [1.82, 2.24) is 9.78 Å². The van der Waals surface area contributed by atoms with Crippen molar-refractivity contribution in [1.29, 1.82) is 0 Å². The maximum atomic E-state index is 11.8. The lowest BCUT2D eigenvalue weighted by Crippen LogP contribution is -2.28. The van der Waals surface area contributed by atoms with Gasteiger partial charge in [0, 0.05) is 18.7 Å². The van der Waals surface area contributed by atoms with Gasteiger partial charge in [-0.1, -0.05) is 6.42 Å². The van der Waals surface area contributed by atoms with Crippen LogP contribution in [0.2, 0.25) is 0 Å². The van der Waals surface area contributed by atoms with Gasteiger partial charge < -0.3 is 10.1 Å². The van der Waals surface area contributed by atoms with Gasteiger partial charge in [-0.25, -0.2) is 0 Å². The number of hydrogen-bond acceptors (Lipinski definition) is 3. The van der Waals surface area contributed by atoms with Gasteiger partial charge in [-0.3, -0.25) is 9.48 Å². The van der Waals surface area contributed by atoms with E-state index in [0.29, 0.717) is 0 Å². The topological polar surface area (TPSA) is 56.2 Å². The van der Waals surface area contributed by atoms with E-state index >= 15 is 0 Å². The molecule has 2 fully saturated rings. The molecule has 104 valence electrons. The lowest BCUT2D eigenvalue weighted by Gasteiger charge is -2.23. The van der Waals surface area contributed by atoms with E-state index in [2.05, 4.69) is 10.4 Å². The van der Waals surface area contributed by atoms with Crippen LogP contribution in [0.15, 0.2) is 12.4 Å². The molecule has 1 aromatic heterocycles. The quantitative estimate of drug-likeness (QED) is 0.906. The van der Waals surface area contributed by atoms with Crippen LogP contribution in [0.1, 0.15) is 38.5 Å². The second-order valence-electron chi connectivity index (χ2n) is 5.56. The Morgan fingerprint density at radius 2 is 2.26 bits per heavy atom. The Hall–Kier alpha value is -1.36. The second kappa shape index (κ2) is 5.74. The van der Waals surface area contributed by atoms with E-state index in [-0.39, 0.29) is 17.9 Å². The zero-order valence-corrected chi connectivity index (χ0v) is 11.2. The minimum absolute atomic E-state index is 0.139. The molecule has 1 amide bonds. The van der Waals surface area contributed by atoms with Crippen molar-refractivity contribution in [3.05, 3.63) is 12.4 Å². The van der Waals surface area contributed by atoms with Crippen molar-refractivity contribution >= 4 is 11.6 Å². The second-order valence-corrected chi connectivity index (χ2v) is 5.56. The predicted molar refractivity (Wildman–Crippen MR) is 71.8 cm³/mol. The smallest absolute Gasteiger partial charge is 0.227 e. The van der Waals surface area contributed by atoms with Crippen molar-refractivity contribution in [2.24, 2.45) is 5.92 Å². The van der Waals surface area contributed by atoms with Crippen LogP contribution in [0.3, 0.4) is 0 Å². The molecule has 19 heavy (non-hydrogen) atoms. The van der Waals surface area contributed by atoms with E-state index < -0.39 is 0 Å². The van der Waals surface area contributed by atoms with Crippen LogP contribution in [0.5, 0.6) is 0 Å². The molecule has 1 saturated carbocycles. The SMILES string of the molecule is O=C(Nc1cnn(C[C@H]2CCCCO2)c1)C1CCC1. The minimum Gasteiger partial charge on any atom is -0.376 e. The zero-order chi connectivity index (χ0) is 13.1. The summed E-state index contributed by atoms with van der Waals surface area (Å²) in [7, 11) is 0. The largest absolute Gasteiger partial charge is 0.376 e. The molecule has 3 rings (SSSR count). The third-order valence-corrected chi connectivity index (χ3v) is 4.04. The third kappa shape index (κ3) is 3.15. The molecule has 5 heteroatoms. The van der Waals surface area contributed by atoms with Gasteiger partial charge in [0.2, 0.25) is 5.91 Å². The number of anilines is 1. The lowest BCUT2D eigenvalue weighted by atomic mass is 9.85. The van der Waals surface area contributed by atoms with Crippen LogP contribution >= 0.6 is 0 Å². The fourth-order valence-electron chi connectivity index (χ4n) is 2.60. The zero-order valence-electron chi connectivity index (χ0n) is 11.2. The highest BCUT2D eigenvalue weighted by molar-refractivity contribution is 5.92. The molecule has 0 radical (unpaired) electrons. The molecule has 2 aliphatic rings. The van der Waals surface area contributed by atoms with Crippen molar-refractivity contribution in [3.8, 4) is 0 Å². The highest BCUT2D eigenvalue weighted by atomic mass is 16.5. The number of nitrogens with one attached hydrogen (secondary N) is 1. The Morgan fingerprint density at radius 1 is 1.37 bits per heavy atom. The van der Waals surface area contributed by atoms with E-state index in [9.17, 15) is 4.79 Å². The number of rotatable bonds is 4. The van der Waals surface area contributed by atoms with E-state index in [4.69, 9.17) is 4.74 Å². The molecule has 0 unspecified atom stereocenters. The molecule has 5 nitrogen and oxygen atoms in total. The number of hydrogen-bond donors (Lipinski definition) is 1. The third-order valence-electron chi connectivity index (χ3n) is 4.04. The average molecular weight is 263 g/mol. The fourth-order valence-corrected chi connectivity index (χ4v) is 2.60. The summed E-state index contributed by atoms with van der Waals surface area (Å²) in [6.07, 6.45) is 10.6. The first-order chi connectivity index (χ1) is 9.31. The molecule has 1 N–H and O–H groups in total. The van der Waals surface area contributed by atoms with Gasteiger partial charge in [0.1, 0.15) is 0 Å². The Kier molecular flexibility index (Phi) is 3.82. The van der Waals surface area contributed by atoms with Gasteiger partial charge in [-0.15, -0.1) is 0 Å². The number of amides is 1. The standard InChI is InChI=1S/C14H21N3O2/c18-14(11-4-3-5-11)16-12-8-15-17(9-12)10-13-6-1-2-7-19-13/h8-9,11,13H,1-7,10H2,(H,16,18)/t13-/m1/s1. The lowest BCUT2D eigenvalue weighted by molar-refractivity contribution is -0.122. The molecule has 1 aliphatic carbocycles. The summed E-state index contributed by atoms with van der Waals surface area (Å²) >= 11 is 0. The van der Waals surface area contributed by atoms with E-state index in [0.717, 1.165) is 44.5 Å². The number of nitrogens with zero attached hydrogens (tertiary/aromatic N) is 2. The van der Waals surface area contributed by atoms with Crippen molar-refractivity contribution < 1.29 is 9.53 Å². The molecule has 1 atom stereocenters. The Labute approximate surface area is 113 Å². The highest BCUT2D eigenvalue weighted by Gasteiger charge is 2.25. The first-order valence-electron chi connectivity index (χ1n) is 7.26. The van der Waals surface area contributed by atoms with Crippen molar-refractivity contribution in [3.63, 3.8) is 0 Å². The molecule has 1 saturated heterocycles. The van der Waals surface area contributed by atoms with Crippen LogP contribution in [-0.2, 0) is 16.1 Å². The molecule has 0 spiro atoms. The van der Waals surface area contributed by atoms with Crippen LogP contribution < -0.4 is 5.32 Å². The highest BCUT2D eigenvalue weighted by Crippen LogP contribution is 2.27. The Balaban J connectivity index is 1.52. The van der Waals surface area contributed by atoms with Crippen molar-refractivity contribution in [2.45, 2.75) is 51.2 Å². The van der Waals surface area contributed by atoms with Gasteiger partial charge in [0.15, 0.2) is 0 Å². The Morgan fingerprint density at radius 3 is 2.95 bits per heavy atom. The summed E-state index contributed by atoms with van der Waals surface area (Å²) in [4.78, 5) is 11.8. The maximum absolute atomic E-state index is 11.8. The first-order valence-corrected chi connectivity index (χ1v) is 7.26. The van der Waals surface area contributed by atoms with E-state index in [1.165, 1.54) is 12.8 Å². The number of carbonyl (C=O) groups is 1. The predicted octanol–water partition coefficient (Wildman–Crippen LogP) is 2.19. The molecule has 1 aromatic rings. The molecule has 0 bridgehead atoms. The molecular weight excluding hydrogens is 242 g/mol. The van der Waals surface area contributed by atoms with Gasteiger partial charge in [0.25, 0.3) is 0 Å². The monoisotopic (exact) mass is 263 g/mol. The number of ether oxygens (including phenoxy) is 1. The van der Waals surface area contributed by atoms with Crippen LogP contribution in [0, 0.1) is 5.92 Å². The molecule has 2 heterocycles. The minimum atomic E-state index is 0.139. The Bertz CT molecular complexity index is 434.